The molecule has 0 radical (unpaired) electrons. The summed E-state index contributed by atoms with van der Waals surface area (Å²) >= 11 is 0. The Hall–Kier alpha value is -1.97. The summed E-state index contributed by atoms with van der Waals surface area (Å²) in [6.45, 7) is 7.05. The molecule has 1 saturated heterocycles. The Morgan fingerprint density at radius 3 is 2.72 bits per heavy atom. The fraction of sp³-hybridized carbons (Fsp3) is 0.640. The van der Waals surface area contributed by atoms with E-state index in [9.17, 15) is 4.79 Å². The van der Waals surface area contributed by atoms with Crippen LogP contribution in [0.2, 0.25) is 0 Å². The van der Waals surface area contributed by atoms with E-state index in [1.165, 1.54) is 24.1 Å². The van der Waals surface area contributed by atoms with Gasteiger partial charge < -0.3 is 4.90 Å². The summed E-state index contributed by atoms with van der Waals surface area (Å²) < 4.78 is 0. The maximum atomic E-state index is 12.3. The lowest BCUT2D eigenvalue weighted by molar-refractivity contribution is -0.135. The highest BCUT2D eigenvalue weighted by molar-refractivity contribution is 5.79. The van der Waals surface area contributed by atoms with Crippen molar-refractivity contribution in [2.75, 3.05) is 7.05 Å². The first-order valence-corrected chi connectivity index (χ1v) is 11.4. The van der Waals surface area contributed by atoms with E-state index >= 15 is 0 Å². The van der Waals surface area contributed by atoms with Gasteiger partial charge in [0, 0.05) is 30.8 Å². The van der Waals surface area contributed by atoms with Gasteiger partial charge in [-0.1, -0.05) is 32.9 Å². The Morgan fingerprint density at radius 2 is 1.93 bits per heavy atom. The SMILES string of the molecule is CCc1cncc(C2=CC[C@H]3[C@@H]4CC=C5N(C)C(=O)CC[C@]5(C)[C@H]4CC[C@]23C)n1. The molecule has 0 N–H and O–H groups in total. The van der Waals surface area contributed by atoms with Crippen LogP contribution in [-0.2, 0) is 11.2 Å². The Kier molecular flexibility index (Phi) is 4.27. The van der Waals surface area contributed by atoms with Crippen LogP contribution in [0.5, 0.6) is 0 Å². The van der Waals surface area contributed by atoms with Crippen molar-refractivity contribution in [3.8, 4) is 0 Å². The molecule has 4 nitrogen and oxygen atoms in total. The van der Waals surface area contributed by atoms with Gasteiger partial charge >= 0.3 is 0 Å². The number of rotatable bonds is 2. The Labute approximate surface area is 174 Å². The summed E-state index contributed by atoms with van der Waals surface area (Å²) in [6, 6.07) is 0. The number of allylic oxidation sites excluding steroid dienone is 4. The summed E-state index contributed by atoms with van der Waals surface area (Å²) in [5, 5.41) is 0. The van der Waals surface area contributed by atoms with E-state index < -0.39 is 0 Å². The molecule has 0 aromatic carbocycles. The second kappa shape index (κ2) is 6.52. The molecule has 1 saturated carbocycles. The lowest BCUT2D eigenvalue weighted by Crippen LogP contribution is -2.53. The van der Waals surface area contributed by atoms with Gasteiger partial charge in [-0.3, -0.25) is 9.78 Å². The lowest BCUT2D eigenvalue weighted by atomic mass is 9.49. The van der Waals surface area contributed by atoms with Crippen LogP contribution < -0.4 is 0 Å². The molecule has 0 bridgehead atoms. The Morgan fingerprint density at radius 1 is 1.10 bits per heavy atom. The summed E-state index contributed by atoms with van der Waals surface area (Å²) in [5.74, 6) is 2.32. The second-order valence-electron chi connectivity index (χ2n) is 10.1. The summed E-state index contributed by atoms with van der Waals surface area (Å²) in [7, 11) is 1.98. The molecule has 1 aromatic heterocycles. The number of aromatic nitrogens is 2. The fourth-order valence-electron chi connectivity index (χ4n) is 7.25. The van der Waals surface area contributed by atoms with E-state index in [1.807, 2.05) is 24.3 Å². The molecule has 1 aromatic rings. The fourth-order valence-corrected chi connectivity index (χ4v) is 7.25. The van der Waals surface area contributed by atoms with Crippen molar-refractivity contribution in [3.05, 3.63) is 41.6 Å². The largest absolute Gasteiger partial charge is 0.319 e. The van der Waals surface area contributed by atoms with Crippen molar-refractivity contribution in [2.24, 2.45) is 28.6 Å². The topological polar surface area (TPSA) is 46.1 Å². The number of hydrogen-bond acceptors (Lipinski definition) is 3. The lowest BCUT2D eigenvalue weighted by Gasteiger charge is -2.58. The molecule has 2 heterocycles. The van der Waals surface area contributed by atoms with Crippen molar-refractivity contribution in [1.29, 1.82) is 0 Å². The number of hydrogen-bond donors (Lipinski definition) is 0. The molecule has 0 spiro atoms. The first kappa shape index (κ1) is 19.0. The molecule has 3 aliphatic carbocycles. The standard InChI is InChI=1S/C25H33N3O/c1-5-16-14-26-15-21(27-16)20-8-7-18-17-6-9-22-25(3,13-11-23(29)28(22)4)19(17)10-12-24(18,20)2/h8-9,14-15,17-19H,5-7,10-13H2,1-4H3/t17-,18-,19-,24-,25+/m0/s1. The van der Waals surface area contributed by atoms with Gasteiger partial charge in [-0.15, -0.1) is 0 Å². The number of carbonyl (C=O) groups excluding carboxylic acids is 1. The van der Waals surface area contributed by atoms with Crippen LogP contribution in [0.15, 0.2) is 30.2 Å². The molecular weight excluding hydrogens is 358 g/mol. The average molecular weight is 392 g/mol. The summed E-state index contributed by atoms with van der Waals surface area (Å²) in [4.78, 5) is 23.7. The maximum absolute atomic E-state index is 12.3. The number of carbonyl (C=O) groups is 1. The van der Waals surface area contributed by atoms with Crippen LogP contribution in [0.3, 0.4) is 0 Å². The van der Waals surface area contributed by atoms with Crippen molar-refractivity contribution in [1.82, 2.24) is 14.9 Å². The average Bonchev–Trinajstić information content (AvgIpc) is 3.08. The molecule has 5 atom stereocenters. The molecule has 0 unspecified atom stereocenters. The maximum Gasteiger partial charge on any atom is 0.226 e. The summed E-state index contributed by atoms with van der Waals surface area (Å²) in [5.41, 5.74) is 5.24. The molecule has 1 amide bonds. The number of piperidine rings is 1. The van der Waals surface area contributed by atoms with E-state index in [-0.39, 0.29) is 16.7 Å². The van der Waals surface area contributed by atoms with Crippen LogP contribution in [0, 0.1) is 28.6 Å². The molecule has 4 aliphatic rings. The molecule has 154 valence electrons. The predicted molar refractivity (Wildman–Crippen MR) is 115 cm³/mol. The molecule has 4 heteroatoms. The predicted octanol–water partition coefficient (Wildman–Crippen LogP) is 5.02. The van der Waals surface area contributed by atoms with Gasteiger partial charge in [0.2, 0.25) is 5.91 Å². The Bertz CT molecular complexity index is 918. The Balaban J connectivity index is 1.48. The van der Waals surface area contributed by atoms with Gasteiger partial charge in [-0.2, -0.15) is 0 Å². The summed E-state index contributed by atoms with van der Waals surface area (Å²) in [6.07, 6.45) is 16.1. The first-order valence-electron chi connectivity index (χ1n) is 11.4. The van der Waals surface area contributed by atoms with E-state index in [4.69, 9.17) is 4.98 Å². The molecule has 2 fully saturated rings. The van der Waals surface area contributed by atoms with Crippen LogP contribution >= 0.6 is 0 Å². The number of amides is 1. The first-order chi connectivity index (χ1) is 13.9. The van der Waals surface area contributed by atoms with E-state index in [2.05, 4.69) is 37.9 Å². The zero-order chi connectivity index (χ0) is 20.4. The molecule has 29 heavy (non-hydrogen) atoms. The van der Waals surface area contributed by atoms with E-state index in [1.54, 1.807) is 0 Å². The third-order valence-corrected chi connectivity index (χ3v) is 8.92. The quantitative estimate of drug-likeness (QED) is 0.711. The van der Waals surface area contributed by atoms with Gasteiger partial charge in [0.25, 0.3) is 0 Å². The van der Waals surface area contributed by atoms with Crippen LogP contribution in [0.1, 0.15) is 70.7 Å². The minimum Gasteiger partial charge on any atom is -0.319 e. The van der Waals surface area contributed by atoms with Crippen LogP contribution in [0.25, 0.3) is 5.57 Å². The van der Waals surface area contributed by atoms with Crippen LogP contribution in [0.4, 0.5) is 0 Å². The highest BCUT2D eigenvalue weighted by Crippen LogP contribution is 2.65. The normalized spacial score (nSPS) is 38.7. The van der Waals surface area contributed by atoms with Gasteiger partial charge in [0.1, 0.15) is 0 Å². The molecule has 5 rings (SSSR count). The highest BCUT2D eigenvalue weighted by Gasteiger charge is 2.57. The number of aryl methyl sites for hydroxylation is 1. The molecular formula is C25H33N3O. The number of fused-ring (bicyclic) bond motifs is 5. The number of likely N-dealkylation sites (tertiary alicyclic amines) is 1. The monoisotopic (exact) mass is 391 g/mol. The van der Waals surface area contributed by atoms with Crippen LogP contribution in [-0.4, -0.2) is 27.8 Å². The second-order valence-corrected chi connectivity index (χ2v) is 10.1. The van der Waals surface area contributed by atoms with Crippen molar-refractivity contribution in [3.63, 3.8) is 0 Å². The highest BCUT2D eigenvalue weighted by atomic mass is 16.2. The third-order valence-electron chi connectivity index (χ3n) is 8.92. The van der Waals surface area contributed by atoms with Gasteiger partial charge in [-0.25, -0.2) is 4.98 Å². The third kappa shape index (κ3) is 2.60. The van der Waals surface area contributed by atoms with E-state index in [0.717, 1.165) is 37.1 Å². The van der Waals surface area contributed by atoms with Gasteiger partial charge in [0.05, 0.1) is 17.6 Å². The smallest absolute Gasteiger partial charge is 0.226 e. The zero-order valence-electron chi connectivity index (χ0n) is 18.2. The van der Waals surface area contributed by atoms with Crippen molar-refractivity contribution in [2.45, 2.75) is 65.7 Å². The molecule has 1 aliphatic heterocycles. The van der Waals surface area contributed by atoms with Crippen molar-refractivity contribution >= 4 is 11.5 Å². The minimum atomic E-state index is 0.150. The minimum absolute atomic E-state index is 0.150. The van der Waals surface area contributed by atoms with E-state index in [0.29, 0.717) is 24.2 Å². The zero-order valence-corrected chi connectivity index (χ0v) is 18.2. The van der Waals surface area contributed by atoms with Gasteiger partial charge in [-0.05, 0) is 67.3 Å². The van der Waals surface area contributed by atoms with Crippen molar-refractivity contribution < 1.29 is 4.79 Å². The number of nitrogens with zero attached hydrogens (tertiary/aromatic N) is 3. The van der Waals surface area contributed by atoms with Gasteiger partial charge in [0.15, 0.2) is 0 Å².